The van der Waals surface area contributed by atoms with E-state index in [2.05, 4.69) is 31.6 Å². The molecule has 0 saturated carbocycles. The van der Waals surface area contributed by atoms with Crippen LogP contribution in [-0.4, -0.2) is 11.3 Å². The molecule has 0 N–H and O–H groups in total. The molecular weight excluding hydrogens is 212 g/mol. The summed E-state index contributed by atoms with van der Waals surface area (Å²) in [7, 11) is 1.76. The van der Waals surface area contributed by atoms with Gasteiger partial charge in [-0.15, -0.1) is 0 Å². The number of rotatable bonds is 4. The van der Waals surface area contributed by atoms with E-state index in [1.54, 1.807) is 17.7 Å². The zero-order valence-corrected chi connectivity index (χ0v) is 11.0. The lowest BCUT2D eigenvalue weighted by molar-refractivity contribution is 0.788. The summed E-state index contributed by atoms with van der Waals surface area (Å²) >= 11 is 0. The third kappa shape index (κ3) is 2.93. The second kappa shape index (κ2) is 5.62. The number of pyridine rings is 1. The van der Waals surface area contributed by atoms with Crippen molar-refractivity contribution in [1.82, 2.24) is 4.57 Å². The van der Waals surface area contributed by atoms with Crippen LogP contribution in [0.2, 0.25) is 0 Å². The Morgan fingerprint density at radius 1 is 1.65 bits per heavy atom. The van der Waals surface area contributed by atoms with Crippen molar-refractivity contribution in [1.29, 1.82) is 0 Å². The van der Waals surface area contributed by atoms with E-state index in [0.29, 0.717) is 0 Å². The summed E-state index contributed by atoms with van der Waals surface area (Å²) in [6, 6.07) is 1.60. The van der Waals surface area contributed by atoms with Crippen LogP contribution in [0.25, 0.3) is 5.57 Å². The third-order valence-corrected chi connectivity index (χ3v) is 2.92. The molecule has 3 nitrogen and oxygen atoms in total. The zero-order valence-electron chi connectivity index (χ0n) is 11.0. The molecule has 0 fully saturated rings. The molecule has 0 aliphatic carbocycles. The normalized spacial score (nSPS) is 13.5. The van der Waals surface area contributed by atoms with Gasteiger partial charge in [0.05, 0.1) is 6.04 Å². The van der Waals surface area contributed by atoms with E-state index in [-0.39, 0.29) is 11.6 Å². The van der Waals surface area contributed by atoms with E-state index in [1.807, 2.05) is 13.1 Å². The molecule has 1 aromatic heterocycles. The van der Waals surface area contributed by atoms with Gasteiger partial charge in [-0.05, 0) is 43.7 Å². The van der Waals surface area contributed by atoms with Crippen molar-refractivity contribution in [3.8, 4) is 0 Å². The minimum atomic E-state index is -0.0564. The monoisotopic (exact) mass is 232 g/mol. The first-order valence-corrected chi connectivity index (χ1v) is 5.84. The van der Waals surface area contributed by atoms with Crippen LogP contribution in [0.4, 0.5) is 0 Å². The van der Waals surface area contributed by atoms with E-state index in [1.165, 1.54) is 5.57 Å². The first-order valence-electron chi connectivity index (χ1n) is 5.84. The highest BCUT2D eigenvalue weighted by molar-refractivity contribution is 5.66. The van der Waals surface area contributed by atoms with Crippen LogP contribution < -0.4 is 5.56 Å². The molecule has 0 spiro atoms. The minimum Gasteiger partial charge on any atom is -0.318 e. The van der Waals surface area contributed by atoms with Gasteiger partial charge in [0, 0.05) is 19.3 Å². The van der Waals surface area contributed by atoms with Crippen LogP contribution in [0.3, 0.4) is 0 Å². The van der Waals surface area contributed by atoms with Crippen LogP contribution in [0.15, 0.2) is 28.1 Å². The van der Waals surface area contributed by atoms with Crippen molar-refractivity contribution in [3.05, 3.63) is 39.8 Å². The molecule has 1 rings (SSSR count). The fourth-order valence-corrected chi connectivity index (χ4v) is 1.83. The molecule has 17 heavy (non-hydrogen) atoms. The lowest BCUT2D eigenvalue weighted by atomic mass is 9.98. The van der Waals surface area contributed by atoms with Gasteiger partial charge in [-0.3, -0.25) is 9.79 Å². The smallest absolute Gasteiger partial charge is 0.250 e. The molecule has 0 radical (unpaired) electrons. The Bertz CT molecular complexity index is 497. The van der Waals surface area contributed by atoms with Gasteiger partial charge in [0.2, 0.25) is 0 Å². The molecule has 1 atom stereocenters. The average Bonchev–Trinajstić information content (AvgIpc) is 2.31. The molecule has 0 unspecified atom stereocenters. The maximum absolute atomic E-state index is 11.7. The maximum atomic E-state index is 11.7. The number of nitrogens with zero attached hydrogens (tertiary/aromatic N) is 2. The summed E-state index contributed by atoms with van der Waals surface area (Å²) in [5, 5.41) is 0. The Morgan fingerprint density at radius 3 is 2.82 bits per heavy atom. The average molecular weight is 232 g/mol. The number of hydrogen-bond donors (Lipinski definition) is 0. The molecule has 1 aromatic rings. The first-order chi connectivity index (χ1) is 8.01. The Kier molecular flexibility index (Phi) is 4.44. The Hall–Kier alpha value is -1.64. The summed E-state index contributed by atoms with van der Waals surface area (Å²) < 4.78 is 1.60. The fourth-order valence-electron chi connectivity index (χ4n) is 1.83. The van der Waals surface area contributed by atoms with Gasteiger partial charge in [0.15, 0.2) is 0 Å². The number of aromatic nitrogens is 1. The molecule has 1 heterocycles. The highest BCUT2D eigenvalue weighted by atomic mass is 16.1. The number of aryl methyl sites for hydroxylation is 1. The van der Waals surface area contributed by atoms with Crippen LogP contribution in [0.1, 0.15) is 44.4 Å². The van der Waals surface area contributed by atoms with Gasteiger partial charge in [0.1, 0.15) is 0 Å². The van der Waals surface area contributed by atoms with Crippen molar-refractivity contribution in [2.24, 2.45) is 12.0 Å². The van der Waals surface area contributed by atoms with Crippen LogP contribution in [0, 0.1) is 0 Å². The SMILES string of the molecule is C=N[C@@H](C)c1cc(=O)n(C)cc1/C(C)=C/CC. The highest BCUT2D eigenvalue weighted by Gasteiger charge is 2.12. The number of hydrogen-bond acceptors (Lipinski definition) is 2. The standard InChI is InChI=1S/C14H20N2O/c1-6-7-10(2)13-9-16(5)14(17)8-12(13)11(3)15-4/h7-9,11H,4,6H2,1-3,5H3/b10-7+/t11-/m0/s1. The lowest BCUT2D eigenvalue weighted by Gasteiger charge is -2.14. The van der Waals surface area contributed by atoms with E-state index in [0.717, 1.165) is 17.5 Å². The molecule has 0 amide bonds. The lowest BCUT2D eigenvalue weighted by Crippen LogP contribution is -2.18. The van der Waals surface area contributed by atoms with Gasteiger partial charge < -0.3 is 4.57 Å². The van der Waals surface area contributed by atoms with E-state index in [9.17, 15) is 4.79 Å². The van der Waals surface area contributed by atoms with Crippen molar-refractivity contribution in [2.45, 2.75) is 33.2 Å². The van der Waals surface area contributed by atoms with Gasteiger partial charge in [-0.25, -0.2) is 0 Å². The molecule has 0 aromatic carbocycles. The first kappa shape index (κ1) is 13.4. The van der Waals surface area contributed by atoms with E-state index < -0.39 is 0 Å². The predicted octanol–water partition coefficient (Wildman–Crippen LogP) is 2.96. The molecule has 0 aliphatic rings. The van der Waals surface area contributed by atoms with E-state index in [4.69, 9.17) is 0 Å². The molecule has 0 saturated heterocycles. The number of aliphatic imine (C=N–C) groups is 1. The highest BCUT2D eigenvalue weighted by Crippen LogP contribution is 2.25. The van der Waals surface area contributed by atoms with Gasteiger partial charge >= 0.3 is 0 Å². The maximum Gasteiger partial charge on any atom is 0.250 e. The summed E-state index contributed by atoms with van der Waals surface area (Å²) in [5.41, 5.74) is 3.19. The second-order valence-electron chi connectivity index (χ2n) is 4.25. The van der Waals surface area contributed by atoms with Crippen LogP contribution in [-0.2, 0) is 7.05 Å². The summed E-state index contributed by atoms with van der Waals surface area (Å²) in [5.74, 6) is 0. The van der Waals surface area contributed by atoms with Crippen molar-refractivity contribution < 1.29 is 0 Å². The van der Waals surface area contributed by atoms with Crippen molar-refractivity contribution in [3.63, 3.8) is 0 Å². The second-order valence-corrected chi connectivity index (χ2v) is 4.25. The summed E-state index contributed by atoms with van der Waals surface area (Å²) in [4.78, 5) is 15.7. The van der Waals surface area contributed by atoms with Gasteiger partial charge in [-0.2, -0.15) is 0 Å². The largest absolute Gasteiger partial charge is 0.318 e. The van der Waals surface area contributed by atoms with Gasteiger partial charge in [0.25, 0.3) is 5.56 Å². The quantitative estimate of drug-likeness (QED) is 0.735. The Morgan fingerprint density at radius 2 is 2.29 bits per heavy atom. The molecule has 0 bridgehead atoms. The molecular formula is C14H20N2O. The van der Waals surface area contributed by atoms with Crippen LogP contribution in [0.5, 0.6) is 0 Å². The Balaban J connectivity index is 3.46. The van der Waals surface area contributed by atoms with Gasteiger partial charge in [-0.1, -0.05) is 13.0 Å². The predicted molar refractivity (Wildman–Crippen MR) is 73.6 cm³/mol. The minimum absolute atomic E-state index is 0.0106. The summed E-state index contributed by atoms with van der Waals surface area (Å²) in [6.07, 6.45) is 5.00. The molecule has 0 aliphatic heterocycles. The number of allylic oxidation sites excluding steroid dienone is 2. The zero-order chi connectivity index (χ0) is 13.0. The topological polar surface area (TPSA) is 34.4 Å². The molecule has 3 heteroatoms. The Labute approximate surface area is 103 Å². The van der Waals surface area contributed by atoms with Crippen molar-refractivity contribution >= 4 is 12.3 Å². The third-order valence-electron chi connectivity index (χ3n) is 2.92. The van der Waals surface area contributed by atoms with E-state index >= 15 is 0 Å². The fraction of sp³-hybridized carbons (Fsp3) is 0.429. The van der Waals surface area contributed by atoms with Crippen molar-refractivity contribution in [2.75, 3.05) is 0 Å². The molecule has 92 valence electrons. The van der Waals surface area contributed by atoms with Crippen LogP contribution >= 0.6 is 0 Å². The summed E-state index contributed by atoms with van der Waals surface area (Å²) in [6.45, 7) is 9.66.